The Morgan fingerprint density at radius 1 is 1.11 bits per heavy atom. The zero-order valence-corrected chi connectivity index (χ0v) is 16.2. The van der Waals surface area contributed by atoms with Gasteiger partial charge in [0.15, 0.2) is 5.76 Å². The van der Waals surface area contributed by atoms with Crippen LogP contribution < -0.4 is 5.32 Å². The van der Waals surface area contributed by atoms with Gasteiger partial charge in [0, 0.05) is 11.3 Å². The third-order valence-corrected chi connectivity index (χ3v) is 5.06. The summed E-state index contributed by atoms with van der Waals surface area (Å²) in [5, 5.41) is 3.00. The second-order valence-corrected chi connectivity index (χ2v) is 7.78. The third kappa shape index (κ3) is 4.77. The Balaban J connectivity index is 1.66. The van der Waals surface area contributed by atoms with E-state index in [-0.39, 0.29) is 17.0 Å². The number of para-hydroxylation sites is 1. The Hall–Kier alpha value is -2.60. The van der Waals surface area contributed by atoms with Gasteiger partial charge in [-0.2, -0.15) is 0 Å². The van der Waals surface area contributed by atoms with E-state index in [0.29, 0.717) is 16.9 Å². The number of carbonyl (C=O) groups excluding carboxylic acids is 1. The van der Waals surface area contributed by atoms with Crippen LogP contribution in [0, 0.1) is 5.82 Å². The summed E-state index contributed by atoms with van der Waals surface area (Å²) in [6.45, 7) is 5.99. The number of aromatic nitrogens is 1. The van der Waals surface area contributed by atoms with Crippen molar-refractivity contribution in [3.05, 3.63) is 66.1 Å². The van der Waals surface area contributed by atoms with Gasteiger partial charge in [0.2, 0.25) is 5.91 Å². The van der Waals surface area contributed by atoms with E-state index in [1.807, 2.05) is 24.3 Å². The van der Waals surface area contributed by atoms with Crippen molar-refractivity contribution in [2.75, 3.05) is 5.32 Å². The van der Waals surface area contributed by atoms with Gasteiger partial charge in [-0.05, 0) is 48.7 Å². The molecule has 3 rings (SSSR count). The zero-order valence-electron chi connectivity index (χ0n) is 15.4. The van der Waals surface area contributed by atoms with Crippen molar-refractivity contribution < 1.29 is 13.6 Å². The number of nitrogens with zero attached hydrogens (tertiary/aromatic N) is 1. The molecule has 0 aliphatic rings. The summed E-state index contributed by atoms with van der Waals surface area (Å²) in [4.78, 5) is 16.8. The molecule has 1 heterocycles. The lowest BCUT2D eigenvalue weighted by Gasteiger charge is -2.15. The highest BCUT2D eigenvalue weighted by Crippen LogP contribution is 2.29. The van der Waals surface area contributed by atoms with Gasteiger partial charge in [0.25, 0.3) is 5.22 Å². The lowest BCUT2D eigenvalue weighted by atomic mass is 10.0. The quantitative estimate of drug-likeness (QED) is 0.552. The normalized spacial score (nSPS) is 12.2. The first kappa shape index (κ1) is 19.2. The zero-order chi connectivity index (χ0) is 19.4. The monoisotopic (exact) mass is 384 g/mol. The maximum Gasteiger partial charge on any atom is 0.256 e. The predicted molar refractivity (Wildman–Crippen MR) is 106 cm³/mol. The smallest absolute Gasteiger partial charge is 0.256 e. The lowest BCUT2D eigenvalue weighted by molar-refractivity contribution is -0.115. The van der Waals surface area contributed by atoms with E-state index in [2.05, 4.69) is 24.1 Å². The molecule has 6 heteroatoms. The minimum atomic E-state index is -0.384. The number of thioether (sulfide) groups is 1. The van der Waals surface area contributed by atoms with Crippen LogP contribution in [0.25, 0.3) is 11.3 Å². The van der Waals surface area contributed by atoms with Gasteiger partial charge >= 0.3 is 0 Å². The van der Waals surface area contributed by atoms with Crippen molar-refractivity contribution >= 4 is 23.4 Å². The molecule has 0 aliphatic carbocycles. The number of halogens is 1. The Kier molecular flexibility index (Phi) is 5.96. The van der Waals surface area contributed by atoms with Crippen LogP contribution in [0.4, 0.5) is 10.1 Å². The summed E-state index contributed by atoms with van der Waals surface area (Å²) in [5.74, 6) is 0.430. The lowest BCUT2D eigenvalue weighted by Crippen LogP contribution is -2.23. The third-order valence-electron chi connectivity index (χ3n) is 4.10. The van der Waals surface area contributed by atoms with Crippen LogP contribution in [0.1, 0.15) is 32.3 Å². The van der Waals surface area contributed by atoms with Gasteiger partial charge in [-0.1, -0.05) is 43.8 Å². The molecule has 27 heavy (non-hydrogen) atoms. The SMILES string of the molecule is CC(Sc1ncc(-c2ccc(F)cc2)o1)C(=O)Nc1ccccc1C(C)C. The highest BCUT2D eigenvalue weighted by Gasteiger charge is 2.19. The second kappa shape index (κ2) is 8.39. The second-order valence-electron chi connectivity index (χ2n) is 6.49. The van der Waals surface area contributed by atoms with Crippen LogP contribution in [0.3, 0.4) is 0 Å². The molecule has 0 spiro atoms. The summed E-state index contributed by atoms with van der Waals surface area (Å²) >= 11 is 1.24. The molecule has 1 amide bonds. The molecule has 1 atom stereocenters. The Labute approximate surface area is 162 Å². The fourth-order valence-corrected chi connectivity index (χ4v) is 3.33. The molecule has 4 nitrogen and oxygen atoms in total. The topological polar surface area (TPSA) is 55.1 Å². The van der Waals surface area contributed by atoms with E-state index in [9.17, 15) is 9.18 Å². The number of rotatable bonds is 6. The van der Waals surface area contributed by atoms with Crippen molar-refractivity contribution in [2.24, 2.45) is 0 Å². The minimum absolute atomic E-state index is 0.116. The number of hydrogen-bond acceptors (Lipinski definition) is 4. The van der Waals surface area contributed by atoms with Crippen LogP contribution in [0.5, 0.6) is 0 Å². The largest absolute Gasteiger partial charge is 0.431 e. The molecule has 0 saturated heterocycles. The summed E-state index contributed by atoms with van der Waals surface area (Å²) < 4.78 is 18.7. The Morgan fingerprint density at radius 3 is 2.52 bits per heavy atom. The van der Waals surface area contributed by atoms with E-state index in [4.69, 9.17) is 4.42 Å². The highest BCUT2D eigenvalue weighted by atomic mass is 32.2. The van der Waals surface area contributed by atoms with E-state index in [0.717, 1.165) is 16.8 Å². The molecule has 0 fully saturated rings. The van der Waals surface area contributed by atoms with Crippen LogP contribution in [0.2, 0.25) is 0 Å². The van der Waals surface area contributed by atoms with E-state index < -0.39 is 0 Å². The molecule has 140 valence electrons. The van der Waals surface area contributed by atoms with Crippen LogP contribution in [-0.2, 0) is 4.79 Å². The number of oxazole rings is 1. The van der Waals surface area contributed by atoms with Gasteiger partial charge in [0.05, 0.1) is 11.4 Å². The maximum atomic E-state index is 13.0. The molecule has 0 bridgehead atoms. The molecule has 1 aromatic heterocycles. The number of amides is 1. The number of hydrogen-bond donors (Lipinski definition) is 1. The van der Waals surface area contributed by atoms with Gasteiger partial charge in [-0.15, -0.1) is 0 Å². The molecule has 2 aromatic carbocycles. The average Bonchev–Trinajstić information content (AvgIpc) is 3.11. The van der Waals surface area contributed by atoms with E-state index in [1.165, 1.54) is 23.9 Å². The van der Waals surface area contributed by atoms with Gasteiger partial charge in [-0.25, -0.2) is 9.37 Å². The first-order valence-corrected chi connectivity index (χ1v) is 9.60. The summed E-state index contributed by atoms with van der Waals surface area (Å²) in [7, 11) is 0. The van der Waals surface area contributed by atoms with Gasteiger partial charge < -0.3 is 9.73 Å². The summed E-state index contributed by atoms with van der Waals surface area (Å²) in [6.07, 6.45) is 1.58. The number of nitrogens with one attached hydrogen (secondary N) is 1. The van der Waals surface area contributed by atoms with Crippen molar-refractivity contribution in [1.29, 1.82) is 0 Å². The average molecular weight is 384 g/mol. The molecule has 1 unspecified atom stereocenters. The number of carbonyl (C=O) groups is 1. The van der Waals surface area contributed by atoms with Crippen molar-refractivity contribution in [2.45, 2.75) is 37.2 Å². The number of benzene rings is 2. The molecule has 0 saturated carbocycles. The van der Waals surface area contributed by atoms with E-state index >= 15 is 0 Å². The predicted octanol–water partition coefficient (Wildman–Crippen LogP) is 5.72. The summed E-state index contributed by atoms with van der Waals surface area (Å²) in [6, 6.07) is 13.8. The van der Waals surface area contributed by atoms with Gasteiger partial charge in [0.1, 0.15) is 5.82 Å². The van der Waals surface area contributed by atoms with Crippen molar-refractivity contribution in [3.63, 3.8) is 0 Å². The maximum absolute atomic E-state index is 13.0. The van der Waals surface area contributed by atoms with Gasteiger partial charge in [-0.3, -0.25) is 4.79 Å². The molecular formula is C21H21FN2O2S. The standard InChI is InChI=1S/C21H21FN2O2S/c1-13(2)17-6-4-5-7-18(17)24-20(25)14(3)27-21-23-12-19(26-21)15-8-10-16(22)11-9-15/h4-14H,1-3H3,(H,24,25). The van der Waals surface area contributed by atoms with Crippen molar-refractivity contribution in [3.8, 4) is 11.3 Å². The van der Waals surface area contributed by atoms with Crippen LogP contribution in [0.15, 0.2) is 64.4 Å². The molecule has 0 aliphatic heterocycles. The Morgan fingerprint density at radius 2 is 1.81 bits per heavy atom. The van der Waals surface area contributed by atoms with Crippen LogP contribution >= 0.6 is 11.8 Å². The van der Waals surface area contributed by atoms with E-state index in [1.54, 1.807) is 25.3 Å². The van der Waals surface area contributed by atoms with Crippen molar-refractivity contribution in [1.82, 2.24) is 4.98 Å². The molecule has 0 radical (unpaired) electrons. The first-order chi connectivity index (χ1) is 12.9. The highest BCUT2D eigenvalue weighted by molar-refractivity contribution is 8.00. The van der Waals surface area contributed by atoms with Crippen LogP contribution in [-0.4, -0.2) is 16.1 Å². The minimum Gasteiger partial charge on any atom is -0.431 e. The first-order valence-electron chi connectivity index (χ1n) is 8.72. The number of anilines is 1. The Bertz CT molecular complexity index is 922. The fourth-order valence-electron chi connectivity index (χ4n) is 2.61. The summed E-state index contributed by atoms with van der Waals surface area (Å²) in [5.41, 5.74) is 2.65. The molecule has 3 aromatic rings. The molecular weight excluding hydrogens is 363 g/mol. The fraction of sp³-hybridized carbons (Fsp3) is 0.238. The molecule has 1 N–H and O–H groups in total.